The highest BCUT2D eigenvalue weighted by Gasteiger charge is 2.16. The lowest BCUT2D eigenvalue weighted by atomic mass is 10.3. The normalized spacial score (nSPS) is 17.0. The van der Waals surface area contributed by atoms with E-state index in [1.807, 2.05) is 13.8 Å². The topological polar surface area (TPSA) is 248 Å². The van der Waals surface area contributed by atoms with Crippen LogP contribution in [-0.2, 0) is 57.0 Å². The Morgan fingerprint density at radius 1 is 0.412 bits per heavy atom. The van der Waals surface area contributed by atoms with Crippen molar-refractivity contribution in [2.45, 2.75) is 75.7 Å². The third-order valence-electron chi connectivity index (χ3n) is 6.12. The Morgan fingerprint density at radius 3 is 0.961 bits per heavy atom. The quantitative estimate of drug-likeness (QED) is 0.0301. The van der Waals surface area contributed by atoms with Crippen molar-refractivity contribution in [2.24, 2.45) is 0 Å². The highest BCUT2D eigenvalue weighted by atomic mass is 16.6. The highest BCUT2D eigenvalue weighted by Crippen LogP contribution is 2.03. The van der Waals surface area contributed by atoms with Gasteiger partial charge in [-0.1, -0.05) is 13.2 Å². The summed E-state index contributed by atoms with van der Waals surface area (Å²) in [6.07, 6.45) is -4.86. The van der Waals surface area contributed by atoms with Crippen LogP contribution in [0.15, 0.2) is 25.3 Å². The third kappa shape index (κ3) is 31.1. The number of aliphatic hydroxyl groups excluding tert-OH is 6. The van der Waals surface area contributed by atoms with E-state index < -0.39 is 48.6 Å². The summed E-state index contributed by atoms with van der Waals surface area (Å²) in [5, 5.41) is 59.2. The molecule has 51 heavy (non-hydrogen) atoms. The van der Waals surface area contributed by atoms with Crippen molar-refractivity contribution in [2.75, 3.05) is 99.1 Å². The molecule has 0 aromatic heterocycles. The fourth-order valence-corrected chi connectivity index (χ4v) is 3.51. The average Bonchev–Trinajstić information content (AvgIpc) is 3.09. The smallest absolute Gasteiger partial charge is 0.330 e. The molecule has 6 N–H and O–H groups in total. The van der Waals surface area contributed by atoms with Gasteiger partial charge < -0.3 is 78.0 Å². The molecule has 9 atom stereocenters. The molecule has 9 unspecified atom stereocenters. The Hall–Kier alpha value is -2.14. The van der Waals surface area contributed by atoms with Crippen molar-refractivity contribution in [1.82, 2.24) is 0 Å². The van der Waals surface area contributed by atoms with Crippen LogP contribution >= 0.6 is 0 Å². The number of carbonyl (C=O) groups is 2. The van der Waals surface area contributed by atoms with Crippen molar-refractivity contribution in [3.8, 4) is 0 Å². The molecule has 18 nitrogen and oxygen atoms in total. The predicted octanol–water partition coefficient (Wildman–Crippen LogP) is -2.09. The summed E-state index contributed by atoms with van der Waals surface area (Å²) in [7, 11) is 0. The number of esters is 2. The minimum atomic E-state index is -1.05. The van der Waals surface area contributed by atoms with Crippen LogP contribution in [0.4, 0.5) is 0 Å². The summed E-state index contributed by atoms with van der Waals surface area (Å²) in [6, 6.07) is 0. The third-order valence-corrected chi connectivity index (χ3v) is 6.12. The fraction of sp³-hybridized carbons (Fsp3) is 0.818. The lowest BCUT2D eigenvalue weighted by molar-refractivity contribution is -0.143. The lowest BCUT2D eigenvalue weighted by Crippen LogP contribution is -2.31. The van der Waals surface area contributed by atoms with Crippen LogP contribution in [-0.4, -0.2) is 197 Å². The van der Waals surface area contributed by atoms with E-state index in [1.165, 1.54) is 0 Å². The molecule has 0 aromatic carbocycles. The van der Waals surface area contributed by atoms with E-state index in [9.17, 15) is 40.2 Å². The molecule has 18 heteroatoms. The molecule has 0 saturated carbocycles. The van der Waals surface area contributed by atoms with Gasteiger partial charge in [0.2, 0.25) is 0 Å². The first-order chi connectivity index (χ1) is 24.2. The molecule has 0 amide bonds. The number of hydrogen-bond donors (Lipinski definition) is 6. The first-order valence-corrected chi connectivity index (χ1v) is 16.7. The van der Waals surface area contributed by atoms with Gasteiger partial charge in [-0.25, -0.2) is 9.59 Å². The molecule has 0 aliphatic carbocycles. The van der Waals surface area contributed by atoms with Gasteiger partial charge in [0.1, 0.15) is 49.8 Å². The largest absolute Gasteiger partial charge is 0.460 e. The second-order valence-electron chi connectivity index (χ2n) is 11.7. The number of aliphatic hydroxyl groups is 6. The minimum Gasteiger partial charge on any atom is -0.460 e. The van der Waals surface area contributed by atoms with E-state index in [0.717, 1.165) is 12.2 Å². The van der Waals surface area contributed by atoms with E-state index in [-0.39, 0.29) is 117 Å². The molecule has 0 aliphatic rings. The summed E-state index contributed by atoms with van der Waals surface area (Å²) >= 11 is 0. The Balaban J connectivity index is 3.83. The number of rotatable bonds is 35. The molecule has 0 bridgehead atoms. The Labute approximate surface area is 299 Å². The van der Waals surface area contributed by atoms with Crippen LogP contribution in [0.5, 0.6) is 0 Å². The number of carbonyl (C=O) groups excluding carboxylic acids is 2. The molecule has 0 aliphatic heterocycles. The van der Waals surface area contributed by atoms with Gasteiger partial charge in [0.05, 0.1) is 104 Å². The lowest BCUT2D eigenvalue weighted by Gasteiger charge is -2.21. The van der Waals surface area contributed by atoms with Crippen LogP contribution in [0.3, 0.4) is 0 Å². The van der Waals surface area contributed by atoms with Gasteiger partial charge in [-0.05, 0) is 20.8 Å². The molecule has 0 saturated heterocycles. The van der Waals surface area contributed by atoms with Gasteiger partial charge >= 0.3 is 11.9 Å². The van der Waals surface area contributed by atoms with Crippen molar-refractivity contribution in [3.63, 3.8) is 0 Å². The van der Waals surface area contributed by atoms with E-state index in [4.69, 9.17) is 37.9 Å². The molecular formula is C33H60O18. The number of ether oxygens (including phenoxy) is 10. The second kappa shape index (κ2) is 31.4. The van der Waals surface area contributed by atoms with Gasteiger partial charge in [0.25, 0.3) is 0 Å². The summed E-state index contributed by atoms with van der Waals surface area (Å²) in [5.41, 5.74) is 0. The average molecular weight is 745 g/mol. The summed E-state index contributed by atoms with van der Waals surface area (Å²) in [4.78, 5) is 21.9. The van der Waals surface area contributed by atoms with E-state index in [0.29, 0.717) is 0 Å². The zero-order valence-electron chi connectivity index (χ0n) is 30.0. The standard InChI is InChI=1S/C33H60O18/c1-6-32(40)50-21-30(38)18-45-15-27(35)13-43-12-26(34)11-42-8-23(3)47-9-24(4)48-10-25(5)49-20-29(37)17-44-14-28(36)16-46-19-31(39)22-51-33(41)7-2/h6-7,23-31,34-39H,1-2,8-22H2,3-5H3. The maximum atomic E-state index is 11.0. The maximum Gasteiger partial charge on any atom is 0.330 e. The Kier molecular flexibility index (Phi) is 30.1. The van der Waals surface area contributed by atoms with E-state index >= 15 is 0 Å². The van der Waals surface area contributed by atoms with Crippen LogP contribution in [0.1, 0.15) is 20.8 Å². The van der Waals surface area contributed by atoms with Crippen molar-refractivity contribution >= 4 is 11.9 Å². The molecule has 300 valence electrons. The summed E-state index contributed by atoms with van der Waals surface area (Å²) < 4.78 is 52.7. The minimum absolute atomic E-state index is 0.00823. The maximum absolute atomic E-state index is 11.0. The Morgan fingerprint density at radius 2 is 0.647 bits per heavy atom. The van der Waals surface area contributed by atoms with E-state index in [2.05, 4.69) is 22.6 Å². The van der Waals surface area contributed by atoms with Crippen LogP contribution in [0, 0.1) is 0 Å². The van der Waals surface area contributed by atoms with Gasteiger partial charge in [-0.3, -0.25) is 0 Å². The Bertz CT molecular complexity index is 894. The summed E-state index contributed by atoms with van der Waals surface area (Å²) in [6.45, 7) is 11.2. The van der Waals surface area contributed by atoms with Gasteiger partial charge in [-0.15, -0.1) is 0 Å². The van der Waals surface area contributed by atoms with Crippen molar-refractivity contribution in [3.05, 3.63) is 25.3 Å². The van der Waals surface area contributed by atoms with Gasteiger partial charge in [0.15, 0.2) is 0 Å². The zero-order valence-corrected chi connectivity index (χ0v) is 30.0. The van der Waals surface area contributed by atoms with Crippen molar-refractivity contribution < 1.29 is 87.6 Å². The van der Waals surface area contributed by atoms with Gasteiger partial charge in [0, 0.05) is 12.2 Å². The molecule has 0 heterocycles. The zero-order chi connectivity index (χ0) is 38.4. The summed E-state index contributed by atoms with van der Waals surface area (Å²) in [5.74, 6) is -1.32. The first kappa shape index (κ1) is 48.9. The molecule has 0 spiro atoms. The van der Waals surface area contributed by atoms with E-state index in [1.54, 1.807) is 6.92 Å². The molecular weight excluding hydrogens is 684 g/mol. The molecule has 0 rings (SSSR count). The fourth-order valence-electron chi connectivity index (χ4n) is 3.51. The second-order valence-corrected chi connectivity index (χ2v) is 11.7. The molecule has 0 radical (unpaired) electrons. The van der Waals surface area contributed by atoms with Crippen LogP contribution in [0.2, 0.25) is 0 Å². The van der Waals surface area contributed by atoms with Crippen LogP contribution < -0.4 is 0 Å². The first-order valence-electron chi connectivity index (χ1n) is 16.7. The monoisotopic (exact) mass is 744 g/mol. The highest BCUT2D eigenvalue weighted by molar-refractivity contribution is 5.81. The van der Waals surface area contributed by atoms with Crippen molar-refractivity contribution in [1.29, 1.82) is 0 Å². The van der Waals surface area contributed by atoms with Gasteiger partial charge in [-0.2, -0.15) is 0 Å². The van der Waals surface area contributed by atoms with Crippen LogP contribution in [0.25, 0.3) is 0 Å². The molecule has 0 aromatic rings. The number of hydrogen-bond acceptors (Lipinski definition) is 18. The molecule has 0 fully saturated rings. The predicted molar refractivity (Wildman–Crippen MR) is 179 cm³/mol. The SMILES string of the molecule is C=CC(=O)OCC(O)COCC(O)COCC(O)COCC(C)OCC(C)OCC(C)OCC(O)COCC(O)COCC(O)COC(=O)C=C.